The molecule has 46 valence electrons. The Labute approximate surface area is 54.3 Å². The van der Waals surface area contributed by atoms with Crippen LogP contribution < -0.4 is 0 Å². The molecular formula is C6H9ClO. The van der Waals surface area contributed by atoms with Gasteiger partial charge in [0.05, 0.1) is 0 Å². The van der Waals surface area contributed by atoms with Crippen molar-refractivity contribution in [1.82, 2.24) is 0 Å². The number of halogens is 1. The summed E-state index contributed by atoms with van der Waals surface area (Å²) in [4.78, 5) is 10.2. The number of carbonyl (C=O) groups excluding carboxylic acids is 1. The third kappa shape index (κ3) is 5.70. The minimum atomic E-state index is 0.144. The predicted octanol–water partition coefficient (Wildman–Crippen LogP) is 2.11. The molecule has 0 heterocycles. The van der Waals surface area contributed by atoms with E-state index in [4.69, 9.17) is 11.6 Å². The molecule has 0 aliphatic heterocycles. The zero-order chi connectivity index (χ0) is 6.57. The van der Waals surface area contributed by atoms with Gasteiger partial charge in [0.15, 0.2) is 0 Å². The number of carbonyl (C=O) groups is 1. The van der Waals surface area contributed by atoms with Crippen LogP contribution in [0, 0.1) is 0 Å². The Balaban J connectivity index is 3.45. The maximum absolute atomic E-state index is 10.2. The molecule has 1 nitrogen and oxygen atoms in total. The molecule has 0 aromatic rings. The van der Waals surface area contributed by atoms with Gasteiger partial charge in [0.25, 0.3) is 0 Å². The lowest BCUT2D eigenvalue weighted by Gasteiger charge is -1.83. The zero-order valence-electron chi connectivity index (χ0n) is 5.07. The Morgan fingerprint density at radius 3 is 2.25 bits per heavy atom. The van der Waals surface area contributed by atoms with Crippen molar-refractivity contribution in [3.63, 3.8) is 0 Å². The smallest absolute Gasteiger partial charge is 0.133 e. The topological polar surface area (TPSA) is 17.1 Å². The summed E-state index contributed by atoms with van der Waals surface area (Å²) in [6, 6.07) is 0. The van der Waals surface area contributed by atoms with Gasteiger partial charge in [-0.1, -0.05) is 17.7 Å². The molecule has 0 rings (SSSR count). The summed E-state index contributed by atoms with van der Waals surface area (Å²) in [5.41, 5.74) is 0. The summed E-state index contributed by atoms with van der Waals surface area (Å²) in [5, 5.41) is 0.681. The van der Waals surface area contributed by atoms with Crippen molar-refractivity contribution >= 4 is 17.4 Å². The molecule has 0 aromatic carbocycles. The van der Waals surface area contributed by atoms with E-state index in [0.717, 1.165) is 0 Å². The molecule has 0 aromatic heterocycles. The molecule has 0 saturated carbocycles. The number of rotatable bonds is 2. The van der Waals surface area contributed by atoms with Crippen molar-refractivity contribution in [1.29, 1.82) is 0 Å². The Morgan fingerprint density at radius 1 is 1.62 bits per heavy atom. The van der Waals surface area contributed by atoms with E-state index in [1.807, 2.05) is 0 Å². The van der Waals surface area contributed by atoms with Crippen molar-refractivity contribution in [3.8, 4) is 0 Å². The molecule has 8 heavy (non-hydrogen) atoms. The lowest BCUT2D eigenvalue weighted by Crippen LogP contribution is -1.83. The van der Waals surface area contributed by atoms with Crippen molar-refractivity contribution in [2.45, 2.75) is 20.3 Å². The minimum absolute atomic E-state index is 0.144. The summed E-state index contributed by atoms with van der Waals surface area (Å²) in [6.07, 6.45) is 2.15. The van der Waals surface area contributed by atoms with Gasteiger partial charge >= 0.3 is 0 Å². The molecule has 0 unspecified atom stereocenters. The van der Waals surface area contributed by atoms with E-state index in [1.54, 1.807) is 13.0 Å². The summed E-state index contributed by atoms with van der Waals surface area (Å²) in [5.74, 6) is 0.144. The lowest BCUT2D eigenvalue weighted by atomic mass is 10.3. The summed E-state index contributed by atoms with van der Waals surface area (Å²) in [6.45, 7) is 3.29. The van der Waals surface area contributed by atoms with Crippen molar-refractivity contribution < 1.29 is 4.79 Å². The number of allylic oxidation sites excluding steroid dienone is 2. The van der Waals surface area contributed by atoms with Gasteiger partial charge in [-0.05, 0) is 13.8 Å². The van der Waals surface area contributed by atoms with Gasteiger partial charge in [-0.2, -0.15) is 0 Å². The van der Waals surface area contributed by atoms with Crippen LogP contribution in [-0.4, -0.2) is 5.78 Å². The SMILES string of the molecule is CC(=O)CC=C(C)Cl. The Kier molecular flexibility index (Phi) is 3.53. The monoisotopic (exact) mass is 132 g/mol. The third-order valence-electron chi connectivity index (χ3n) is 0.671. The number of hydrogen-bond donors (Lipinski definition) is 0. The van der Waals surface area contributed by atoms with Gasteiger partial charge in [0.2, 0.25) is 0 Å². The molecule has 2 heteroatoms. The van der Waals surface area contributed by atoms with Crippen molar-refractivity contribution in [2.24, 2.45) is 0 Å². The average molecular weight is 133 g/mol. The van der Waals surface area contributed by atoms with Crippen molar-refractivity contribution in [2.75, 3.05) is 0 Å². The molecule has 0 aliphatic rings. The molecule has 0 N–H and O–H groups in total. The normalized spacial score (nSPS) is 11.6. The summed E-state index contributed by atoms with van der Waals surface area (Å²) < 4.78 is 0. The fourth-order valence-electron chi connectivity index (χ4n) is 0.284. The second-order valence-corrected chi connectivity index (χ2v) is 2.29. The molecule has 0 spiro atoms. The van der Waals surface area contributed by atoms with E-state index in [2.05, 4.69) is 0 Å². The first kappa shape index (κ1) is 7.70. The summed E-state index contributed by atoms with van der Waals surface area (Å²) in [7, 11) is 0. The van der Waals surface area contributed by atoms with Crippen LogP contribution in [-0.2, 0) is 4.79 Å². The molecule has 0 aliphatic carbocycles. The van der Waals surface area contributed by atoms with Gasteiger partial charge in [0, 0.05) is 11.5 Å². The van der Waals surface area contributed by atoms with Gasteiger partial charge < -0.3 is 0 Å². The highest BCUT2D eigenvalue weighted by molar-refractivity contribution is 6.29. The van der Waals surface area contributed by atoms with Crippen LogP contribution in [0.15, 0.2) is 11.1 Å². The Bertz CT molecular complexity index is 112. The molecule has 0 fully saturated rings. The second-order valence-electron chi connectivity index (χ2n) is 1.70. The van der Waals surface area contributed by atoms with E-state index >= 15 is 0 Å². The number of Topliss-reactive ketones (excluding diaryl/α,β-unsaturated/α-hetero) is 1. The highest BCUT2D eigenvalue weighted by atomic mass is 35.5. The van der Waals surface area contributed by atoms with Crippen LogP contribution in [0.25, 0.3) is 0 Å². The van der Waals surface area contributed by atoms with Gasteiger partial charge in [-0.3, -0.25) is 4.79 Å². The fraction of sp³-hybridized carbons (Fsp3) is 0.500. The zero-order valence-corrected chi connectivity index (χ0v) is 5.83. The number of ketones is 1. The van der Waals surface area contributed by atoms with E-state index in [0.29, 0.717) is 11.5 Å². The van der Waals surface area contributed by atoms with Crippen LogP contribution in [0.3, 0.4) is 0 Å². The second kappa shape index (κ2) is 3.67. The van der Waals surface area contributed by atoms with Crippen LogP contribution in [0.4, 0.5) is 0 Å². The van der Waals surface area contributed by atoms with Gasteiger partial charge in [-0.15, -0.1) is 0 Å². The van der Waals surface area contributed by atoms with Crippen LogP contribution in [0.2, 0.25) is 0 Å². The largest absolute Gasteiger partial charge is 0.300 e. The van der Waals surface area contributed by atoms with Gasteiger partial charge in [0.1, 0.15) is 5.78 Å². The molecule has 0 amide bonds. The Hall–Kier alpha value is -0.300. The number of hydrogen-bond acceptors (Lipinski definition) is 1. The molecule has 0 saturated heterocycles. The maximum Gasteiger partial charge on any atom is 0.133 e. The van der Waals surface area contributed by atoms with Crippen molar-refractivity contribution in [3.05, 3.63) is 11.1 Å². The standard InChI is InChI=1S/C6H9ClO/c1-5(7)3-4-6(2)8/h3H,4H2,1-2H3. The van der Waals surface area contributed by atoms with Crippen LogP contribution in [0.1, 0.15) is 20.3 Å². The van der Waals surface area contributed by atoms with Crippen LogP contribution >= 0.6 is 11.6 Å². The fourth-order valence-corrected chi connectivity index (χ4v) is 0.362. The quantitative estimate of drug-likeness (QED) is 0.563. The summed E-state index contributed by atoms with van der Waals surface area (Å²) >= 11 is 5.43. The first-order valence-electron chi connectivity index (χ1n) is 2.44. The van der Waals surface area contributed by atoms with E-state index in [-0.39, 0.29) is 5.78 Å². The molecule has 0 atom stereocenters. The minimum Gasteiger partial charge on any atom is -0.300 e. The predicted molar refractivity (Wildman–Crippen MR) is 34.9 cm³/mol. The van der Waals surface area contributed by atoms with E-state index in [9.17, 15) is 4.79 Å². The molecule has 0 radical (unpaired) electrons. The van der Waals surface area contributed by atoms with Crippen LogP contribution in [0.5, 0.6) is 0 Å². The highest BCUT2D eigenvalue weighted by Gasteiger charge is 1.86. The Morgan fingerprint density at radius 2 is 2.12 bits per heavy atom. The van der Waals surface area contributed by atoms with Gasteiger partial charge in [-0.25, -0.2) is 0 Å². The third-order valence-corrected chi connectivity index (χ3v) is 0.825. The first-order valence-corrected chi connectivity index (χ1v) is 2.82. The highest BCUT2D eigenvalue weighted by Crippen LogP contribution is 1.99. The lowest BCUT2D eigenvalue weighted by molar-refractivity contribution is -0.116. The molecular weight excluding hydrogens is 124 g/mol. The van der Waals surface area contributed by atoms with E-state index in [1.165, 1.54) is 6.92 Å². The maximum atomic E-state index is 10.2. The average Bonchev–Trinajstić information content (AvgIpc) is 1.61. The first-order chi connectivity index (χ1) is 3.63. The van der Waals surface area contributed by atoms with E-state index < -0.39 is 0 Å². The molecule has 0 bridgehead atoms.